The first-order chi connectivity index (χ1) is 17.2. The maximum Gasteiger partial charge on any atom is 0.338 e. The summed E-state index contributed by atoms with van der Waals surface area (Å²) in [6.07, 6.45) is 9.05. The molecular formula is C34H40O2. The molecule has 0 bridgehead atoms. The number of benzene rings is 3. The molecule has 0 spiro atoms. The number of ether oxygens (including phenoxy) is 1. The van der Waals surface area contributed by atoms with E-state index in [1.807, 2.05) is 31.2 Å². The summed E-state index contributed by atoms with van der Waals surface area (Å²) in [5.41, 5.74) is 7.86. The summed E-state index contributed by atoms with van der Waals surface area (Å²) in [4.78, 5) is 12.0. The number of esters is 1. The normalized spacial score (nSPS) is 16.9. The average molecular weight is 481 g/mol. The summed E-state index contributed by atoms with van der Waals surface area (Å²) in [6, 6.07) is 25.7. The molecule has 0 saturated heterocycles. The number of allylic oxidation sites excluding steroid dienone is 1. The number of fused-ring (bicyclic) bond motifs is 1. The molecule has 0 radical (unpaired) electrons. The smallest absolute Gasteiger partial charge is 0.338 e. The van der Waals surface area contributed by atoms with Crippen LogP contribution in [0.2, 0.25) is 0 Å². The first-order valence-electron chi connectivity index (χ1n) is 13.3. The Kier molecular flexibility index (Phi) is 7.83. The van der Waals surface area contributed by atoms with E-state index in [9.17, 15) is 4.79 Å². The fourth-order valence-corrected chi connectivity index (χ4v) is 5.35. The second-order valence-corrected chi connectivity index (χ2v) is 11.4. The zero-order chi connectivity index (χ0) is 25.8. The fraction of sp³-hybridized carbons (Fsp3) is 0.382. The van der Waals surface area contributed by atoms with Crippen molar-refractivity contribution < 1.29 is 9.53 Å². The fourth-order valence-electron chi connectivity index (χ4n) is 5.35. The zero-order valence-electron chi connectivity index (χ0n) is 22.5. The molecule has 188 valence electrons. The second-order valence-electron chi connectivity index (χ2n) is 11.4. The Hall–Kier alpha value is -3.13. The molecule has 3 aromatic carbocycles. The molecule has 4 rings (SSSR count). The molecule has 0 aromatic heterocycles. The Morgan fingerprint density at radius 3 is 2.22 bits per heavy atom. The largest absolute Gasteiger partial charge is 0.462 e. The van der Waals surface area contributed by atoms with Crippen LogP contribution < -0.4 is 0 Å². The standard InChI is InChI=1S/C34H40O2/c1-6-36-32(35)28-18-14-26(15-19-28)13-17-27(16-12-25-10-8-7-9-11-25)29-20-21-30-31(24-29)34(4,5)23-22-33(30,2)3/h7-11,13-15,17-21,24,27H,6,12,16,22-23H2,1-5H3/b17-13+. The maximum absolute atomic E-state index is 12.0. The number of carbonyl (C=O) groups excluding carboxylic acids is 1. The van der Waals surface area contributed by atoms with Crippen molar-refractivity contribution in [3.8, 4) is 0 Å². The summed E-state index contributed by atoms with van der Waals surface area (Å²) in [7, 11) is 0. The van der Waals surface area contributed by atoms with Crippen LogP contribution in [0.25, 0.3) is 6.08 Å². The number of aryl methyl sites for hydroxylation is 1. The molecule has 0 heterocycles. The highest BCUT2D eigenvalue weighted by atomic mass is 16.5. The highest BCUT2D eigenvalue weighted by Crippen LogP contribution is 2.46. The van der Waals surface area contributed by atoms with Gasteiger partial charge in [0, 0.05) is 5.92 Å². The first kappa shape index (κ1) is 25.9. The summed E-state index contributed by atoms with van der Waals surface area (Å²) in [5, 5.41) is 0. The molecule has 36 heavy (non-hydrogen) atoms. The van der Waals surface area contributed by atoms with Gasteiger partial charge in [-0.25, -0.2) is 4.79 Å². The van der Waals surface area contributed by atoms with E-state index in [4.69, 9.17) is 4.74 Å². The van der Waals surface area contributed by atoms with Gasteiger partial charge >= 0.3 is 5.97 Å². The van der Waals surface area contributed by atoms with E-state index in [1.165, 1.54) is 35.1 Å². The van der Waals surface area contributed by atoms with E-state index >= 15 is 0 Å². The van der Waals surface area contributed by atoms with Crippen molar-refractivity contribution >= 4 is 12.0 Å². The minimum Gasteiger partial charge on any atom is -0.462 e. The SMILES string of the molecule is CCOC(=O)c1ccc(/C=C/C(CCc2ccccc2)c2ccc3c(c2)C(C)(C)CCC3(C)C)cc1. The van der Waals surface area contributed by atoms with Crippen LogP contribution in [0, 0.1) is 0 Å². The van der Waals surface area contributed by atoms with Crippen molar-refractivity contribution in [2.24, 2.45) is 0 Å². The van der Waals surface area contributed by atoms with E-state index in [1.54, 1.807) is 0 Å². The molecule has 0 fully saturated rings. The van der Waals surface area contributed by atoms with Gasteiger partial charge in [0.15, 0.2) is 0 Å². The van der Waals surface area contributed by atoms with Gasteiger partial charge in [0.2, 0.25) is 0 Å². The lowest BCUT2D eigenvalue weighted by Gasteiger charge is -2.42. The van der Waals surface area contributed by atoms with Gasteiger partial charge in [-0.15, -0.1) is 0 Å². The third kappa shape index (κ3) is 5.98. The van der Waals surface area contributed by atoms with Gasteiger partial charge in [0.25, 0.3) is 0 Å². The van der Waals surface area contributed by atoms with Gasteiger partial charge < -0.3 is 4.74 Å². The van der Waals surface area contributed by atoms with Gasteiger partial charge in [-0.1, -0.05) is 101 Å². The maximum atomic E-state index is 12.0. The van der Waals surface area contributed by atoms with Crippen LogP contribution in [0.15, 0.2) is 78.9 Å². The van der Waals surface area contributed by atoms with Crippen LogP contribution in [0.1, 0.15) is 98.0 Å². The van der Waals surface area contributed by atoms with Gasteiger partial charge in [0.05, 0.1) is 12.2 Å². The topological polar surface area (TPSA) is 26.3 Å². The number of hydrogen-bond donors (Lipinski definition) is 0. The second kappa shape index (κ2) is 10.9. The van der Waals surface area contributed by atoms with E-state index in [2.05, 4.69) is 88.4 Å². The van der Waals surface area contributed by atoms with Crippen molar-refractivity contribution in [2.45, 2.75) is 77.0 Å². The van der Waals surface area contributed by atoms with Crippen molar-refractivity contribution in [3.63, 3.8) is 0 Å². The van der Waals surface area contributed by atoms with Crippen LogP contribution in [0.3, 0.4) is 0 Å². The van der Waals surface area contributed by atoms with Gasteiger partial charge in [0.1, 0.15) is 0 Å². The summed E-state index contributed by atoms with van der Waals surface area (Å²) in [6.45, 7) is 11.8. The Balaban J connectivity index is 1.63. The zero-order valence-corrected chi connectivity index (χ0v) is 22.5. The summed E-state index contributed by atoms with van der Waals surface area (Å²) in [5.74, 6) is 0.0365. The van der Waals surface area contributed by atoms with E-state index in [0.29, 0.717) is 18.1 Å². The van der Waals surface area contributed by atoms with E-state index in [-0.39, 0.29) is 16.8 Å². The Morgan fingerprint density at radius 2 is 1.56 bits per heavy atom. The van der Waals surface area contributed by atoms with Crippen LogP contribution in [-0.4, -0.2) is 12.6 Å². The van der Waals surface area contributed by atoms with Crippen molar-refractivity contribution in [3.05, 3.63) is 112 Å². The number of carbonyl (C=O) groups is 1. The third-order valence-corrected chi connectivity index (χ3v) is 7.83. The van der Waals surface area contributed by atoms with Crippen LogP contribution in [0.4, 0.5) is 0 Å². The molecule has 3 aromatic rings. The van der Waals surface area contributed by atoms with Crippen molar-refractivity contribution in [2.75, 3.05) is 6.61 Å². The molecule has 2 nitrogen and oxygen atoms in total. The van der Waals surface area contributed by atoms with Crippen LogP contribution in [0.5, 0.6) is 0 Å². The molecular weight excluding hydrogens is 440 g/mol. The highest BCUT2D eigenvalue weighted by Gasteiger charge is 2.37. The first-order valence-corrected chi connectivity index (χ1v) is 13.3. The minimum atomic E-state index is -0.270. The summed E-state index contributed by atoms with van der Waals surface area (Å²) < 4.78 is 5.12. The average Bonchev–Trinajstić information content (AvgIpc) is 2.88. The quantitative estimate of drug-likeness (QED) is 0.302. The van der Waals surface area contributed by atoms with Crippen LogP contribution in [-0.2, 0) is 22.0 Å². The lowest BCUT2D eigenvalue weighted by atomic mass is 9.62. The minimum absolute atomic E-state index is 0.192. The lowest BCUT2D eigenvalue weighted by Crippen LogP contribution is -2.34. The molecule has 2 heteroatoms. The predicted molar refractivity (Wildman–Crippen MR) is 151 cm³/mol. The Labute approximate surface area is 217 Å². The van der Waals surface area contributed by atoms with Gasteiger partial charge in [-0.2, -0.15) is 0 Å². The molecule has 1 atom stereocenters. The Morgan fingerprint density at radius 1 is 0.889 bits per heavy atom. The molecule has 1 unspecified atom stereocenters. The molecule has 1 aliphatic rings. The van der Waals surface area contributed by atoms with Gasteiger partial charge in [-0.3, -0.25) is 0 Å². The molecule has 0 aliphatic heterocycles. The third-order valence-electron chi connectivity index (χ3n) is 7.83. The highest BCUT2D eigenvalue weighted by molar-refractivity contribution is 5.89. The lowest BCUT2D eigenvalue weighted by molar-refractivity contribution is 0.0526. The number of rotatable bonds is 8. The van der Waals surface area contributed by atoms with Crippen LogP contribution >= 0.6 is 0 Å². The molecule has 0 N–H and O–H groups in total. The molecule has 1 aliphatic carbocycles. The van der Waals surface area contributed by atoms with Crippen molar-refractivity contribution in [1.82, 2.24) is 0 Å². The number of hydrogen-bond acceptors (Lipinski definition) is 2. The Bertz CT molecular complexity index is 1200. The monoisotopic (exact) mass is 480 g/mol. The van der Waals surface area contributed by atoms with Gasteiger partial charge in [-0.05, 0) is 83.4 Å². The van der Waals surface area contributed by atoms with Crippen molar-refractivity contribution in [1.29, 1.82) is 0 Å². The van der Waals surface area contributed by atoms with E-state index in [0.717, 1.165) is 18.4 Å². The molecule has 0 amide bonds. The predicted octanol–water partition coefficient (Wildman–Crippen LogP) is 8.64. The summed E-state index contributed by atoms with van der Waals surface area (Å²) >= 11 is 0. The van der Waals surface area contributed by atoms with E-state index < -0.39 is 0 Å². The molecule has 0 saturated carbocycles.